The SMILES string of the molecule is CCCCNC(=O)[C@@H](CC)N(Cc1ccc(C)cc1)C(=O)CCCN1C(=O)c2ccccc2C1=O. The minimum atomic E-state index is -0.583. The molecule has 1 aliphatic heterocycles. The van der Waals surface area contributed by atoms with Crippen LogP contribution in [0.3, 0.4) is 0 Å². The Hall–Kier alpha value is -3.48. The molecule has 2 aromatic rings. The third kappa shape index (κ3) is 6.35. The Kier molecular flexibility index (Phi) is 9.18. The number of benzene rings is 2. The van der Waals surface area contributed by atoms with E-state index in [1.165, 1.54) is 4.90 Å². The van der Waals surface area contributed by atoms with Crippen molar-refractivity contribution in [2.24, 2.45) is 0 Å². The number of carbonyl (C=O) groups is 4. The van der Waals surface area contributed by atoms with Crippen molar-refractivity contribution in [2.75, 3.05) is 13.1 Å². The fraction of sp³-hybridized carbons (Fsp3) is 0.429. The molecule has 0 radical (unpaired) electrons. The Bertz CT molecular complexity index is 1030. The van der Waals surface area contributed by atoms with Crippen molar-refractivity contribution < 1.29 is 19.2 Å². The van der Waals surface area contributed by atoms with Gasteiger partial charge in [0.2, 0.25) is 11.8 Å². The summed E-state index contributed by atoms with van der Waals surface area (Å²) in [5.74, 6) is -0.964. The van der Waals surface area contributed by atoms with Crippen molar-refractivity contribution in [1.82, 2.24) is 15.1 Å². The highest BCUT2D eigenvalue weighted by Crippen LogP contribution is 2.23. The lowest BCUT2D eigenvalue weighted by Gasteiger charge is -2.31. The lowest BCUT2D eigenvalue weighted by atomic mass is 10.1. The molecule has 0 saturated carbocycles. The zero-order chi connectivity index (χ0) is 25.4. The van der Waals surface area contributed by atoms with E-state index in [-0.39, 0.29) is 36.6 Å². The normalized spacial score (nSPS) is 13.5. The van der Waals surface area contributed by atoms with Crippen LogP contribution in [0.15, 0.2) is 48.5 Å². The molecule has 1 atom stereocenters. The summed E-state index contributed by atoms with van der Waals surface area (Å²) in [4.78, 5) is 54.4. The second kappa shape index (κ2) is 12.3. The number of fused-ring (bicyclic) bond motifs is 1. The van der Waals surface area contributed by atoms with Crippen LogP contribution in [0, 0.1) is 6.92 Å². The molecule has 7 heteroatoms. The number of nitrogens with zero attached hydrogens (tertiary/aromatic N) is 2. The van der Waals surface area contributed by atoms with Crippen LogP contribution in [0.2, 0.25) is 0 Å². The molecule has 0 aromatic heterocycles. The molecular weight excluding hydrogens is 442 g/mol. The molecule has 1 aliphatic rings. The first-order valence-corrected chi connectivity index (χ1v) is 12.4. The summed E-state index contributed by atoms with van der Waals surface area (Å²) >= 11 is 0. The molecule has 0 fully saturated rings. The molecule has 0 spiro atoms. The van der Waals surface area contributed by atoms with Gasteiger partial charge in [-0.25, -0.2) is 0 Å². The number of hydrogen-bond acceptors (Lipinski definition) is 4. The van der Waals surface area contributed by atoms with Crippen molar-refractivity contribution >= 4 is 23.6 Å². The quantitative estimate of drug-likeness (QED) is 0.368. The fourth-order valence-electron chi connectivity index (χ4n) is 4.29. The van der Waals surface area contributed by atoms with Gasteiger partial charge < -0.3 is 10.2 Å². The summed E-state index contributed by atoms with van der Waals surface area (Å²) in [5, 5.41) is 2.96. The Morgan fingerprint density at radius 1 is 0.943 bits per heavy atom. The Balaban J connectivity index is 1.68. The zero-order valence-electron chi connectivity index (χ0n) is 20.9. The van der Waals surface area contributed by atoms with Crippen LogP contribution in [0.4, 0.5) is 0 Å². The third-order valence-electron chi connectivity index (χ3n) is 6.34. The maximum Gasteiger partial charge on any atom is 0.261 e. The first-order valence-electron chi connectivity index (χ1n) is 12.4. The molecule has 0 aliphatic carbocycles. The van der Waals surface area contributed by atoms with Gasteiger partial charge in [0.05, 0.1) is 11.1 Å². The van der Waals surface area contributed by atoms with Gasteiger partial charge in [0.15, 0.2) is 0 Å². The Labute approximate surface area is 207 Å². The molecule has 0 bridgehead atoms. The molecule has 7 nitrogen and oxygen atoms in total. The fourth-order valence-corrected chi connectivity index (χ4v) is 4.29. The number of nitrogens with one attached hydrogen (secondary N) is 1. The van der Waals surface area contributed by atoms with Crippen molar-refractivity contribution in [3.05, 3.63) is 70.8 Å². The number of rotatable bonds is 12. The van der Waals surface area contributed by atoms with E-state index in [1.54, 1.807) is 29.2 Å². The average Bonchev–Trinajstić information content (AvgIpc) is 3.10. The summed E-state index contributed by atoms with van der Waals surface area (Å²) in [6, 6.07) is 14.1. The van der Waals surface area contributed by atoms with Gasteiger partial charge in [-0.1, -0.05) is 62.2 Å². The Morgan fingerprint density at radius 3 is 2.14 bits per heavy atom. The van der Waals surface area contributed by atoms with E-state index in [1.807, 2.05) is 38.1 Å². The van der Waals surface area contributed by atoms with Gasteiger partial charge in [-0.05, 0) is 43.9 Å². The van der Waals surface area contributed by atoms with E-state index in [2.05, 4.69) is 12.2 Å². The monoisotopic (exact) mass is 477 g/mol. The van der Waals surface area contributed by atoms with E-state index in [4.69, 9.17) is 0 Å². The first kappa shape index (κ1) is 26.1. The van der Waals surface area contributed by atoms with E-state index < -0.39 is 6.04 Å². The predicted octanol–water partition coefficient (Wildman–Crippen LogP) is 4.09. The molecule has 1 N–H and O–H groups in total. The summed E-state index contributed by atoms with van der Waals surface area (Å²) in [6.45, 7) is 7.03. The maximum atomic E-state index is 13.4. The predicted molar refractivity (Wildman–Crippen MR) is 135 cm³/mol. The molecule has 0 unspecified atom stereocenters. The highest BCUT2D eigenvalue weighted by Gasteiger charge is 2.35. The summed E-state index contributed by atoms with van der Waals surface area (Å²) in [7, 11) is 0. The second-order valence-corrected chi connectivity index (χ2v) is 8.99. The van der Waals surface area contributed by atoms with Crippen LogP contribution in [0.25, 0.3) is 0 Å². The van der Waals surface area contributed by atoms with E-state index in [0.29, 0.717) is 37.1 Å². The topological polar surface area (TPSA) is 86.8 Å². The van der Waals surface area contributed by atoms with Crippen LogP contribution in [0.5, 0.6) is 0 Å². The smallest absolute Gasteiger partial charge is 0.261 e. The molecular formula is C28H35N3O4. The standard InChI is InChI=1S/C28H35N3O4/c1-4-6-17-29-26(33)24(5-2)31(19-21-15-13-20(3)14-16-21)25(32)12-9-18-30-27(34)22-10-7-8-11-23(22)28(30)35/h7-8,10-11,13-16,24H,4-6,9,12,17-19H2,1-3H3,(H,29,33)/t24-/m1/s1. The first-order chi connectivity index (χ1) is 16.9. The van der Waals surface area contributed by atoms with Crippen LogP contribution >= 0.6 is 0 Å². The van der Waals surface area contributed by atoms with E-state index in [0.717, 1.165) is 24.0 Å². The maximum absolute atomic E-state index is 13.4. The highest BCUT2D eigenvalue weighted by molar-refractivity contribution is 6.21. The molecule has 1 heterocycles. The molecule has 35 heavy (non-hydrogen) atoms. The van der Waals surface area contributed by atoms with Crippen LogP contribution in [0.1, 0.15) is 77.8 Å². The summed E-state index contributed by atoms with van der Waals surface area (Å²) in [5.41, 5.74) is 2.88. The number of hydrogen-bond donors (Lipinski definition) is 1. The molecule has 186 valence electrons. The second-order valence-electron chi connectivity index (χ2n) is 8.99. The van der Waals surface area contributed by atoms with Crippen LogP contribution < -0.4 is 5.32 Å². The third-order valence-corrected chi connectivity index (χ3v) is 6.34. The lowest BCUT2D eigenvalue weighted by molar-refractivity contribution is -0.141. The van der Waals surface area contributed by atoms with E-state index >= 15 is 0 Å². The molecule has 2 aromatic carbocycles. The van der Waals surface area contributed by atoms with Crippen LogP contribution in [-0.4, -0.2) is 52.6 Å². The number of amides is 4. The van der Waals surface area contributed by atoms with E-state index in [9.17, 15) is 19.2 Å². The molecule has 0 saturated heterocycles. The highest BCUT2D eigenvalue weighted by atomic mass is 16.2. The van der Waals surface area contributed by atoms with Gasteiger partial charge in [-0.15, -0.1) is 0 Å². The number of aryl methyl sites for hydroxylation is 1. The van der Waals surface area contributed by atoms with Gasteiger partial charge in [-0.3, -0.25) is 24.1 Å². The number of carbonyl (C=O) groups excluding carboxylic acids is 4. The van der Waals surface area contributed by atoms with Gasteiger partial charge >= 0.3 is 0 Å². The lowest BCUT2D eigenvalue weighted by Crippen LogP contribution is -2.49. The molecule has 3 rings (SSSR count). The average molecular weight is 478 g/mol. The minimum absolute atomic E-state index is 0.137. The van der Waals surface area contributed by atoms with Crippen molar-refractivity contribution in [1.29, 1.82) is 0 Å². The van der Waals surface area contributed by atoms with Gasteiger partial charge in [-0.2, -0.15) is 0 Å². The van der Waals surface area contributed by atoms with Crippen molar-refractivity contribution in [2.45, 2.75) is 65.5 Å². The minimum Gasteiger partial charge on any atom is -0.354 e. The van der Waals surface area contributed by atoms with Gasteiger partial charge in [0.1, 0.15) is 6.04 Å². The van der Waals surface area contributed by atoms with Gasteiger partial charge in [0.25, 0.3) is 11.8 Å². The number of imide groups is 1. The summed E-state index contributed by atoms with van der Waals surface area (Å²) in [6.07, 6.45) is 2.82. The summed E-state index contributed by atoms with van der Waals surface area (Å²) < 4.78 is 0. The van der Waals surface area contributed by atoms with Crippen molar-refractivity contribution in [3.63, 3.8) is 0 Å². The van der Waals surface area contributed by atoms with Crippen molar-refractivity contribution in [3.8, 4) is 0 Å². The Morgan fingerprint density at radius 2 is 1.57 bits per heavy atom. The largest absolute Gasteiger partial charge is 0.354 e. The van der Waals surface area contributed by atoms with Gasteiger partial charge in [0, 0.05) is 26.1 Å². The number of unbranched alkanes of at least 4 members (excludes halogenated alkanes) is 1. The zero-order valence-corrected chi connectivity index (χ0v) is 20.9. The molecule has 4 amide bonds. The van der Waals surface area contributed by atoms with Crippen LogP contribution in [-0.2, 0) is 16.1 Å².